The van der Waals surface area contributed by atoms with Gasteiger partial charge >= 0.3 is 0 Å². The molecule has 0 bridgehead atoms. The minimum atomic E-state index is 0.200. The molecule has 0 amide bonds. The van der Waals surface area contributed by atoms with Gasteiger partial charge in [0.1, 0.15) is 11.5 Å². The molecule has 0 aromatic heterocycles. The van der Waals surface area contributed by atoms with Crippen molar-refractivity contribution in [2.75, 3.05) is 0 Å². The standard InChI is InChI=1S/C19H20O2/c1-14-6-5-9-18(14)19(20)15-10-12-17(13-11-15)21-16-7-3-2-4-8-16/h2-4,7-8,10-14,18H,5-6,9H2,1H3. The Morgan fingerprint density at radius 1 is 0.952 bits per heavy atom. The molecule has 1 saturated carbocycles. The molecule has 0 saturated heterocycles. The minimum Gasteiger partial charge on any atom is -0.457 e. The van der Waals surface area contributed by atoms with Gasteiger partial charge in [-0.05, 0) is 55.2 Å². The summed E-state index contributed by atoms with van der Waals surface area (Å²) in [5.41, 5.74) is 0.800. The Morgan fingerprint density at radius 2 is 1.62 bits per heavy atom. The molecule has 2 aromatic rings. The summed E-state index contributed by atoms with van der Waals surface area (Å²) in [5.74, 6) is 2.56. The summed E-state index contributed by atoms with van der Waals surface area (Å²) in [5, 5.41) is 0. The zero-order chi connectivity index (χ0) is 14.7. The van der Waals surface area contributed by atoms with Crippen LogP contribution in [-0.4, -0.2) is 5.78 Å². The number of carbonyl (C=O) groups is 1. The lowest BCUT2D eigenvalue weighted by Gasteiger charge is -2.14. The highest BCUT2D eigenvalue weighted by Crippen LogP contribution is 2.34. The minimum absolute atomic E-state index is 0.200. The van der Waals surface area contributed by atoms with Crippen LogP contribution in [0.15, 0.2) is 54.6 Å². The normalized spacial score (nSPS) is 21.2. The smallest absolute Gasteiger partial charge is 0.166 e. The van der Waals surface area contributed by atoms with Gasteiger partial charge in [0.15, 0.2) is 5.78 Å². The van der Waals surface area contributed by atoms with Crippen LogP contribution in [-0.2, 0) is 0 Å². The SMILES string of the molecule is CC1CCCC1C(=O)c1ccc(Oc2ccccc2)cc1. The first kappa shape index (κ1) is 13.9. The van der Waals surface area contributed by atoms with E-state index in [1.165, 1.54) is 12.8 Å². The lowest BCUT2D eigenvalue weighted by Crippen LogP contribution is -2.16. The van der Waals surface area contributed by atoms with Gasteiger partial charge in [-0.1, -0.05) is 31.5 Å². The molecule has 108 valence electrons. The molecular weight excluding hydrogens is 260 g/mol. The van der Waals surface area contributed by atoms with E-state index in [4.69, 9.17) is 4.74 Å². The van der Waals surface area contributed by atoms with Crippen molar-refractivity contribution in [1.29, 1.82) is 0 Å². The van der Waals surface area contributed by atoms with Crippen molar-refractivity contribution in [1.82, 2.24) is 0 Å². The van der Waals surface area contributed by atoms with Crippen LogP contribution in [0, 0.1) is 11.8 Å². The zero-order valence-corrected chi connectivity index (χ0v) is 12.3. The third-order valence-corrected chi connectivity index (χ3v) is 4.32. The second-order valence-corrected chi connectivity index (χ2v) is 5.82. The highest BCUT2D eigenvalue weighted by molar-refractivity contribution is 5.98. The monoisotopic (exact) mass is 280 g/mol. The maximum Gasteiger partial charge on any atom is 0.166 e. The molecule has 21 heavy (non-hydrogen) atoms. The molecule has 2 nitrogen and oxygen atoms in total. The largest absolute Gasteiger partial charge is 0.457 e. The fourth-order valence-electron chi connectivity index (χ4n) is 3.06. The summed E-state index contributed by atoms with van der Waals surface area (Å²) in [7, 11) is 0. The number of para-hydroxylation sites is 1. The summed E-state index contributed by atoms with van der Waals surface area (Å²) < 4.78 is 5.75. The van der Waals surface area contributed by atoms with E-state index in [0.29, 0.717) is 5.92 Å². The summed E-state index contributed by atoms with van der Waals surface area (Å²) in [4.78, 5) is 12.5. The fraction of sp³-hybridized carbons (Fsp3) is 0.316. The maximum atomic E-state index is 12.5. The highest BCUT2D eigenvalue weighted by atomic mass is 16.5. The van der Waals surface area contributed by atoms with Gasteiger partial charge in [-0.3, -0.25) is 4.79 Å². The van der Waals surface area contributed by atoms with Crippen molar-refractivity contribution in [3.63, 3.8) is 0 Å². The molecule has 0 spiro atoms. The molecule has 3 rings (SSSR count). The van der Waals surface area contributed by atoms with Gasteiger partial charge < -0.3 is 4.74 Å². The van der Waals surface area contributed by atoms with Crippen molar-refractivity contribution in [2.45, 2.75) is 26.2 Å². The first-order valence-electron chi connectivity index (χ1n) is 7.61. The summed E-state index contributed by atoms with van der Waals surface area (Å²) in [6.07, 6.45) is 3.38. The average molecular weight is 280 g/mol. The number of hydrogen-bond donors (Lipinski definition) is 0. The molecule has 1 aliphatic rings. The van der Waals surface area contributed by atoms with Gasteiger partial charge in [-0.2, -0.15) is 0 Å². The van der Waals surface area contributed by atoms with Crippen LogP contribution in [0.1, 0.15) is 36.5 Å². The van der Waals surface area contributed by atoms with E-state index in [9.17, 15) is 4.79 Å². The molecule has 2 atom stereocenters. The lowest BCUT2D eigenvalue weighted by atomic mass is 9.90. The molecule has 1 aliphatic carbocycles. The van der Waals surface area contributed by atoms with E-state index in [1.54, 1.807) is 0 Å². The molecule has 1 fully saturated rings. The maximum absolute atomic E-state index is 12.5. The number of rotatable bonds is 4. The number of Topliss-reactive ketones (excluding diaryl/α,β-unsaturated/α-hetero) is 1. The van der Waals surface area contributed by atoms with Crippen molar-refractivity contribution >= 4 is 5.78 Å². The van der Waals surface area contributed by atoms with Gasteiger partial charge in [0.2, 0.25) is 0 Å². The quantitative estimate of drug-likeness (QED) is 0.728. The average Bonchev–Trinajstić information content (AvgIpc) is 2.94. The van der Waals surface area contributed by atoms with Crippen molar-refractivity contribution in [3.05, 3.63) is 60.2 Å². The Balaban J connectivity index is 1.70. The molecule has 0 N–H and O–H groups in total. The van der Waals surface area contributed by atoms with Crippen LogP contribution in [0.2, 0.25) is 0 Å². The predicted octanol–water partition coefficient (Wildman–Crippen LogP) is 5.10. The van der Waals surface area contributed by atoms with Crippen LogP contribution in [0.4, 0.5) is 0 Å². The van der Waals surface area contributed by atoms with E-state index in [0.717, 1.165) is 23.5 Å². The Morgan fingerprint density at radius 3 is 2.24 bits per heavy atom. The number of benzene rings is 2. The third-order valence-electron chi connectivity index (χ3n) is 4.32. The predicted molar refractivity (Wildman–Crippen MR) is 83.8 cm³/mol. The van der Waals surface area contributed by atoms with Gasteiger partial charge in [0.05, 0.1) is 0 Å². The molecule has 0 radical (unpaired) electrons. The summed E-state index contributed by atoms with van der Waals surface area (Å²) >= 11 is 0. The third kappa shape index (κ3) is 3.15. The van der Waals surface area contributed by atoms with Crippen molar-refractivity contribution < 1.29 is 9.53 Å². The van der Waals surface area contributed by atoms with E-state index in [-0.39, 0.29) is 11.7 Å². The topological polar surface area (TPSA) is 26.3 Å². The van der Waals surface area contributed by atoms with Crippen molar-refractivity contribution in [2.24, 2.45) is 11.8 Å². The first-order valence-corrected chi connectivity index (χ1v) is 7.61. The fourth-order valence-corrected chi connectivity index (χ4v) is 3.06. The van der Waals surface area contributed by atoms with Gasteiger partial charge in [0.25, 0.3) is 0 Å². The van der Waals surface area contributed by atoms with Crippen molar-refractivity contribution in [3.8, 4) is 11.5 Å². The van der Waals surface area contributed by atoms with Crippen LogP contribution >= 0.6 is 0 Å². The Bertz CT molecular complexity index is 601. The van der Waals surface area contributed by atoms with Crippen LogP contribution in [0.3, 0.4) is 0 Å². The van der Waals surface area contributed by atoms with E-state index >= 15 is 0 Å². The Kier molecular flexibility index (Phi) is 4.05. The zero-order valence-electron chi connectivity index (χ0n) is 12.3. The molecule has 2 aromatic carbocycles. The van der Waals surface area contributed by atoms with Gasteiger partial charge in [0, 0.05) is 11.5 Å². The number of ketones is 1. The van der Waals surface area contributed by atoms with Gasteiger partial charge in [-0.15, -0.1) is 0 Å². The van der Waals surface area contributed by atoms with E-state index < -0.39 is 0 Å². The Hall–Kier alpha value is -2.09. The van der Waals surface area contributed by atoms with Crippen LogP contribution in [0.5, 0.6) is 11.5 Å². The number of carbonyl (C=O) groups excluding carboxylic acids is 1. The second-order valence-electron chi connectivity index (χ2n) is 5.82. The second kappa shape index (κ2) is 6.13. The number of hydrogen-bond acceptors (Lipinski definition) is 2. The van der Waals surface area contributed by atoms with Crippen LogP contribution in [0.25, 0.3) is 0 Å². The molecule has 2 unspecified atom stereocenters. The van der Waals surface area contributed by atoms with Crippen LogP contribution < -0.4 is 4.74 Å². The lowest BCUT2D eigenvalue weighted by molar-refractivity contribution is 0.0897. The molecule has 0 heterocycles. The summed E-state index contributed by atoms with van der Waals surface area (Å²) in [6, 6.07) is 17.2. The molecule has 0 aliphatic heterocycles. The van der Waals surface area contributed by atoms with Gasteiger partial charge in [-0.25, -0.2) is 0 Å². The Labute approximate surface area is 125 Å². The summed E-state index contributed by atoms with van der Waals surface area (Å²) in [6.45, 7) is 2.18. The highest BCUT2D eigenvalue weighted by Gasteiger charge is 2.30. The molecular formula is C19H20O2. The number of ether oxygens (including phenoxy) is 1. The van der Waals surface area contributed by atoms with E-state index in [2.05, 4.69) is 6.92 Å². The van der Waals surface area contributed by atoms with E-state index in [1.807, 2.05) is 54.6 Å². The first-order chi connectivity index (χ1) is 10.2. The molecule has 2 heteroatoms.